The van der Waals surface area contributed by atoms with Gasteiger partial charge < -0.3 is 5.73 Å². The Morgan fingerprint density at radius 2 is 2.42 bits per heavy atom. The lowest BCUT2D eigenvalue weighted by Gasteiger charge is -2.28. The fourth-order valence-electron chi connectivity index (χ4n) is 1.62. The van der Waals surface area contributed by atoms with E-state index in [0.29, 0.717) is 6.04 Å². The molecule has 0 amide bonds. The van der Waals surface area contributed by atoms with Crippen LogP contribution < -0.4 is 5.73 Å². The number of rotatable bonds is 2. The third-order valence-corrected chi connectivity index (χ3v) is 2.59. The van der Waals surface area contributed by atoms with Gasteiger partial charge in [-0.15, -0.1) is 0 Å². The monoisotopic (exact) mass is 165 g/mol. The van der Waals surface area contributed by atoms with Crippen molar-refractivity contribution in [3.63, 3.8) is 0 Å². The van der Waals surface area contributed by atoms with Crippen molar-refractivity contribution in [2.45, 2.75) is 38.3 Å². The molecule has 12 heavy (non-hydrogen) atoms. The highest BCUT2D eigenvalue weighted by molar-refractivity contribution is 5.07. The summed E-state index contributed by atoms with van der Waals surface area (Å²) in [6, 6.07) is 2.75. The topological polar surface area (TPSA) is 43.8 Å². The fraction of sp³-hybridized carbons (Fsp3) is 0.667. The second-order valence-corrected chi connectivity index (χ2v) is 3.57. The Labute approximate surface area is 72.6 Å². The van der Waals surface area contributed by atoms with Gasteiger partial charge in [0.05, 0.1) is 11.7 Å². The zero-order valence-electron chi connectivity index (χ0n) is 7.40. The van der Waals surface area contributed by atoms with Crippen molar-refractivity contribution in [3.8, 4) is 0 Å². The van der Waals surface area contributed by atoms with E-state index in [1.165, 1.54) is 25.0 Å². The van der Waals surface area contributed by atoms with Crippen molar-refractivity contribution >= 4 is 0 Å². The van der Waals surface area contributed by atoms with Crippen LogP contribution in [0.5, 0.6) is 0 Å². The Bertz CT molecular complexity index is 260. The first-order chi connectivity index (χ1) is 5.79. The maximum absolute atomic E-state index is 5.81. The van der Waals surface area contributed by atoms with Crippen molar-refractivity contribution in [2.75, 3.05) is 0 Å². The lowest BCUT2D eigenvalue weighted by molar-refractivity contribution is 0.279. The number of hydrogen-bond donors (Lipinski definition) is 1. The standard InChI is InChI=1S/C9H15N3/c1-7(10)9-5-6-11-12(9)8-3-2-4-8/h5-8H,2-4,10H2,1H3/t7-/m1/s1. The third kappa shape index (κ3) is 1.14. The van der Waals surface area contributed by atoms with Gasteiger partial charge in [-0.3, -0.25) is 4.68 Å². The molecule has 1 aliphatic rings. The molecule has 66 valence electrons. The minimum atomic E-state index is 0.105. The summed E-state index contributed by atoms with van der Waals surface area (Å²) < 4.78 is 2.09. The average molecular weight is 165 g/mol. The van der Waals surface area contributed by atoms with Gasteiger partial charge in [-0.05, 0) is 32.3 Å². The van der Waals surface area contributed by atoms with E-state index in [9.17, 15) is 0 Å². The largest absolute Gasteiger partial charge is 0.323 e. The third-order valence-electron chi connectivity index (χ3n) is 2.59. The molecule has 0 aromatic carbocycles. The molecular formula is C9H15N3. The van der Waals surface area contributed by atoms with Gasteiger partial charge >= 0.3 is 0 Å². The van der Waals surface area contributed by atoms with Crippen LogP contribution in [0.1, 0.15) is 44.0 Å². The van der Waals surface area contributed by atoms with Crippen molar-refractivity contribution in [2.24, 2.45) is 5.73 Å². The second kappa shape index (κ2) is 2.90. The van der Waals surface area contributed by atoms with Crippen molar-refractivity contribution in [3.05, 3.63) is 18.0 Å². The average Bonchev–Trinajstić information content (AvgIpc) is 2.31. The molecule has 3 nitrogen and oxygen atoms in total. The van der Waals surface area contributed by atoms with Crippen LogP contribution in [0.2, 0.25) is 0 Å². The lowest BCUT2D eigenvalue weighted by Crippen LogP contribution is -2.22. The first-order valence-electron chi connectivity index (χ1n) is 4.58. The Hall–Kier alpha value is -0.830. The summed E-state index contributed by atoms with van der Waals surface area (Å²) in [6.45, 7) is 2.01. The Kier molecular flexibility index (Phi) is 1.89. The highest BCUT2D eigenvalue weighted by atomic mass is 15.3. The molecule has 0 radical (unpaired) electrons. The Morgan fingerprint density at radius 3 is 2.92 bits per heavy atom. The molecular weight excluding hydrogens is 150 g/mol. The molecule has 0 aliphatic heterocycles. The zero-order valence-corrected chi connectivity index (χ0v) is 7.40. The lowest BCUT2D eigenvalue weighted by atomic mass is 9.93. The van der Waals surface area contributed by atoms with E-state index in [1.807, 2.05) is 19.2 Å². The van der Waals surface area contributed by atoms with Gasteiger partial charge in [0, 0.05) is 12.2 Å². The molecule has 1 atom stereocenters. The van der Waals surface area contributed by atoms with E-state index < -0.39 is 0 Å². The number of hydrogen-bond acceptors (Lipinski definition) is 2. The van der Waals surface area contributed by atoms with Crippen molar-refractivity contribution in [1.82, 2.24) is 9.78 Å². The van der Waals surface area contributed by atoms with E-state index in [0.717, 1.165) is 0 Å². The number of aromatic nitrogens is 2. The van der Waals surface area contributed by atoms with Gasteiger partial charge in [-0.25, -0.2) is 0 Å². The minimum Gasteiger partial charge on any atom is -0.323 e. The summed E-state index contributed by atoms with van der Waals surface area (Å²) in [5.41, 5.74) is 6.98. The van der Waals surface area contributed by atoms with Crippen LogP contribution in [0.4, 0.5) is 0 Å². The quantitative estimate of drug-likeness (QED) is 0.723. The van der Waals surface area contributed by atoms with Crippen molar-refractivity contribution in [1.29, 1.82) is 0 Å². The van der Waals surface area contributed by atoms with Crippen LogP contribution in [-0.2, 0) is 0 Å². The van der Waals surface area contributed by atoms with Crippen LogP contribution in [0.25, 0.3) is 0 Å². The first-order valence-corrected chi connectivity index (χ1v) is 4.58. The van der Waals surface area contributed by atoms with Crippen LogP contribution in [0, 0.1) is 0 Å². The van der Waals surface area contributed by atoms with E-state index in [-0.39, 0.29) is 6.04 Å². The highest BCUT2D eigenvalue weighted by Gasteiger charge is 2.22. The number of nitrogens with zero attached hydrogens (tertiary/aromatic N) is 2. The second-order valence-electron chi connectivity index (χ2n) is 3.57. The molecule has 1 heterocycles. The minimum absolute atomic E-state index is 0.105. The van der Waals surface area contributed by atoms with Gasteiger partial charge in [0.1, 0.15) is 0 Å². The van der Waals surface area contributed by atoms with Crippen LogP contribution in [-0.4, -0.2) is 9.78 Å². The maximum atomic E-state index is 5.81. The summed E-state index contributed by atoms with van der Waals surface area (Å²) in [4.78, 5) is 0. The Morgan fingerprint density at radius 1 is 1.67 bits per heavy atom. The molecule has 1 aromatic rings. The smallest absolute Gasteiger partial charge is 0.0551 e. The molecule has 1 fully saturated rings. The van der Waals surface area contributed by atoms with E-state index in [1.54, 1.807) is 0 Å². The van der Waals surface area contributed by atoms with Gasteiger partial charge in [0.15, 0.2) is 0 Å². The SMILES string of the molecule is C[C@@H](N)c1ccnn1C1CCC1. The molecule has 0 spiro atoms. The summed E-state index contributed by atoms with van der Waals surface area (Å²) in [5, 5.41) is 4.30. The summed E-state index contributed by atoms with van der Waals surface area (Å²) in [5.74, 6) is 0. The normalized spacial score (nSPS) is 20.5. The molecule has 3 heteroatoms. The van der Waals surface area contributed by atoms with Crippen LogP contribution >= 0.6 is 0 Å². The zero-order chi connectivity index (χ0) is 8.55. The van der Waals surface area contributed by atoms with E-state index >= 15 is 0 Å². The summed E-state index contributed by atoms with van der Waals surface area (Å²) in [7, 11) is 0. The number of nitrogens with two attached hydrogens (primary N) is 1. The molecule has 2 N–H and O–H groups in total. The predicted octanol–water partition coefficient (Wildman–Crippen LogP) is 1.63. The molecule has 0 saturated heterocycles. The van der Waals surface area contributed by atoms with E-state index in [4.69, 9.17) is 5.73 Å². The molecule has 0 unspecified atom stereocenters. The predicted molar refractivity (Wildman–Crippen MR) is 47.7 cm³/mol. The van der Waals surface area contributed by atoms with Crippen LogP contribution in [0.15, 0.2) is 12.3 Å². The van der Waals surface area contributed by atoms with Gasteiger partial charge in [0.2, 0.25) is 0 Å². The highest BCUT2D eigenvalue weighted by Crippen LogP contribution is 2.32. The maximum Gasteiger partial charge on any atom is 0.0551 e. The molecule has 2 rings (SSSR count). The van der Waals surface area contributed by atoms with Crippen molar-refractivity contribution < 1.29 is 0 Å². The summed E-state index contributed by atoms with van der Waals surface area (Å²) in [6.07, 6.45) is 5.71. The molecule has 1 saturated carbocycles. The molecule has 1 aliphatic carbocycles. The van der Waals surface area contributed by atoms with Gasteiger partial charge in [-0.1, -0.05) is 0 Å². The first kappa shape index (κ1) is 7.80. The Balaban J connectivity index is 2.23. The van der Waals surface area contributed by atoms with Gasteiger partial charge in [0.25, 0.3) is 0 Å². The van der Waals surface area contributed by atoms with Gasteiger partial charge in [-0.2, -0.15) is 5.10 Å². The fourth-order valence-corrected chi connectivity index (χ4v) is 1.62. The van der Waals surface area contributed by atoms with Crippen LogP contribution in [0.3, 0.4) is 0 Å². The van der Waals surface area contributed by atoms with E-state index in [2.05, 4.69) is 9.78 Å². The molecule has 1 aromatic heterocycles. The summed E-state index contributed by atoms with van der Waals surface area (Å²) >= 11 is 0. The molecule has 0 bridgehead atoms.